The highest BCUT2D eigenvalue weighted by atomic mass is 32.1. The quantitative estimate of drug-likeness (QED) is 0.730. The van der Waals surface area contributed by atoms with E-state index in [2.05, 4.69) is 25.1 Å². The molecule has 1 atom stereocenters. The van der Waals surface area contributed by atoms with Gasteiger partial charge in [0, 0.05) is 43.0 Å². The van der Waals surface area contributed by atoms with Gasteiger partial charge in [-0.3, -0.25) is 4.40 Å². The zero-order valence-electron chi connectivity index (χ0n) is 12.9. The first-order valence-corrected chi connectivity index (χ1v) is 8.63. The first-order chi connectivity index (χ1) is 11.3. The average molecular weight is 330 g/mol. The fourth-order valence-corrected chi connectivity index (χ4v) is 3.51. The molecule has 0 aromatic carbocycles. The summed E-state index contributed by atoms with van der Waals surface area (Å²) >= 11 is 1.53. The van der Waals surface area contributed by atoms with E-state index < -0.39 is 0 Å². The van der Waals surface area contributed by atoms with Crippen molar-refractivity contribution in [1.29, 1.82) is 0 Å². The molecule has 0 amide bonds. The van der Waals surface area contributed by atoms with E-state index in [1.54, 1.807) is 6.20 Å². The highest BCUT2D eigenvalue weighted by molar-refractivity contribution is 7.11. The molecule has 3 aromatic heterocycles. The predicted octanol–water partition coefficient (Wildman–Crippen LogP) is 2.18. The lowest BCUT2D eigenvalue weighted by atomic mass is 9.99. The molecule has 1 unspecified atom stereocenters. The van der Waals surface area contributed by atoms with Crippen LogP contribution in [-0.2, 0) is 0 Å². The number of aryl methyl sites for hydroxylation is 1. The molecule has 23 heavy (non-hydrogen) atoms. The van der Waals surface area contributed by atoms with Gasteiger partial charge >= 0.3 is 0 Å². The van der Waals surface area contributed by atoms with Gasteiger partial charge in [-0.2, -0.15) is 0 Å². The minimum Gasteiger partial charge on any atom is -0.470 e. The standard InChI is InChI=1S/C15H18N6OS/c1-11-18-19-14-13(16-4-7-21(11)14)20-6-2-3-12(9-20)10-22-15-17-5-8-23-15/h4-5,7-8,12H,2-3,6,9-10H2,1H3. The topological polar surface area (TPSA) is 68.4 Å². The molecule has 0 radical (unpaired) electrons. The van der Waals surface area contributed by atoms with Gasteiger partial charge in [0.2, 0.25) is 5.65 Å². The number of thiazole rings is 1. The third kappa shape index (κ3) is 2.86. The molecule has 120 valence electrons. The largest absolute Gasteiger partial charge is 0.470 e. The molecule has 4 heterocycles. The van der Waals surface area contributed by atoms with E-state index >= 15 is 0 Å². The molecule has 1 fully saturated rings. The number of aromatic nitrogens is 5. The first kappa shape index (κ1) is 14.4. The highest BCUT2D eigenvalue weighted by Gasteiger charge is 2.24. The third-order valence-electron chi connectivity index (χ3n) is 4.15. The van der Waals surface area contributed by atoms with Crippen molar-refractivity contribution in [2.24, 2.45) is 5.92 Å². The van der Waals surface area contributed by atoms with Gasteiger partial charge in [0.1, 0.15) is 5.82 Å². The molecule has 3 aromatic rings. The molecule has 1 saturated heterocycles. The van der Waals surface area contributed by atoms with E-state index in [1.165, 1.54) is 11.3 Å². The molecule has 0 spiro atoms. The number of fused-ring (bicyclic) bond motifs is 1. The number of nitrogens with zero attached hydrogens (tertiary/aromatic N) is 6. The lowest BCUT2D eigenvalue weighted by Gasteiger charge is -2.33. The fraction of sp³-hybridized carbons (Fsp3) is 0.467. The van der Waals surface area contributed by atoms with Crippen molar-refractivity contribution in [2.75, 3.05) is 24.6 Å². The Labute approximate surface area is 138 Å². The van der Waals surface area contributed by atoms with Crippen molar-refractivity contribution in [2.45, 2.75) is 19.8 Å². The first-order valence-electron chi connectivity index (χ1n) is 7.75. The van der Waals surface area contributed by atoms with Crippen LogP contribution in [0.1, 0.15) is 18.7 Å². The number of hydrogen-bond acceptors (Lipinski definition) is 7. The van der Waals surface area contributed by atoms with Gasteiger partial charge in [-0.05, 0) is 19.8 Å². The number of piperidine rings is 1. The van der Waals surface area contributed by atoms with Gasteiger partial charge in [-0.15, -0.1) is 10.2 Å². The Kier molecular flexibility index (Phi) is 3.82. The molecule has 7 nitrogen and oxygen atoms in total. The number of hydrogen-bond donors (Lipinski definition) is 0. The summed E-state index contributed by atoms with van der Waals surface area (Å²) < 4.78 is 7.77. The number of ether oxygens (including phenoxy) is 1. The Morgan fingerprint density at radius 2 is 2.26 bits per heavy atom. The minimum absolute atomic E-state index is 0.471. The predicted molar refractivity (Wildman–Crippen MR) is 88.1 cm³/mol. The lowest BCUT2D eigenvalue weighted by molar-refractivity contribution is 0.228. The summed E-state index contributed by atoms with van der Waals surface area (Å²) in [4.78, 5) is 11.0. The lowest BCUT2D eigenvalue weighted by Crippen LogP contribution is -2.38. The maximum Gasteiger partial charge on any atom is 0.273 e. The van der Waals surface area contributed by atoms with Gasteiger partial charge in [0.05, 0.1) is 6.61 Å². The van der Waals surface area contributed by atoms with E-state index in [-0.39, 0.29) is 0 Å². The second-order valence-electron chi connectivity index (χ2n) is 5.75. The average Bonchev–Trinajstić information content (AvgIpc) is 3.23. The van der Waals surface area contributed by atoms with Crippen LogP contribution in [0.25, 0.3) is 5.65 Å². The van der Waals surface area contributed by atoms with E-state index in [0.29, 0.717) is 12.5 Å². The summed E-state index contributed by atoms with van der Waals surface area (Å²) in [5, 5.41) is 11.1. The second-order valence-corrected chi connectivity index (χ2v) is 6.61. The smallest absolute Gasteiger partial charge is 0.273 e. The molecule has 0 aliphatic carbocycles. The van der Waals surface area contributed by atoms with Gasteiger partial charge in [0.15, 0.2) is 5.82 Å². The Hall–Kier alpha value is -2.22. The molecule has 4 rings (SSSR count). The molecule has 0 N–H and O–H groups in total. The van der Waals surface area contributed by atoms with E-state index in [0.717, 1.165) is 48.4 Å². The van der Waals surface area contributed by atoms with Crippen molar-refractivity contribution >= 4 is 22.8 Å². The SMILES string of the molecule is Cc1nnc2c(N3CCCC(COc4nccs4)C3)nccn12. The van der Waals surface area contributed by atoms with Crippen molar-refractivity contribution < 1.29 is 4.74 Å². The van der Waals surface area contributed by atoms with Crippen molar-refractivity contribution in [1.82, 2.24) is 24.6 Å². The summed E-state index contributed by atoms with van der Waals surface area (Å²) in [6, 6.07) is 0. The van der Waals surface area contributed by atoms with Crippen LogP contribution in [0.5, 0.6) is 5.19 Å². The van der Waals surface area contributed by atoms with Gasteiger partial charge in [-0.1, -0.05) is 11.3 Å². The van der Waals surface area contributed by atoms with E-state index in [1.807, 2.05) is 29.1 Å². The van der Waals surface area contributed by atoms with E-state index in [4.69, 9.17) is 4.74 Å². The van der Waals surface area contributed by atoms with Crippen molar-refractivity contribution in [3.8, 4) is 5.19 Å². The second kappa shape index (κ2) is 6.11. The highest BCUT2D eigenvalue weighted by Crippen LogP contribution is 2.25. The summed E-state index contributed by atoms with van der Waals surface area (Å²) in [5.41, 5.74) is 0.825. The maximum atomic E-state index is 5.79. The maximum absolute atomic E-state index is 5.79. The number of rotatable bonds is 4. The van der Waals surface area contributed by atoms with Crippen molar-refractivity contribution in [3.63, 3.8) is 0 Å². The molecule has 8 heteroatoms. The molecule has 0 bridgehead atoms. The minimum atomic E-state index is 0.471. The summed E-state index contributed by atoms with van der Waals surface area (Å²) in [6.07, 6.45) is 7.78. The summed E-state index contributed by atoms with van der Waals surface area (Å²) in [7, 11) is 0. The van der Waals surface area contributed by atoms with Crippen LogP contribution in [0.4, 0.5) is 5.82 Å². The molecule has 1 aliphatic rings. The van der Waals surface area contributed by atoms with Crippen molar-refractivity contribution in [3.05, 3.63) is 29.8 Å². The zero-order valence-corrected chi connectivity index (χ0v) is 13.7. The van der Waals surface area contributed by atoms with Gasteiger partial charge < -0.3 is 9.64 Å². The zero-order chi connectivity index (χ0) is 15.6. The normalized spacial score (nSPS) is 18.5. The van der Waals surface area contributed by atoms with Crippen LogP contribution in [0.15, 0.2) is 24.0 Å². The Balaban J connectivity index is 1.50. The fourth-order valence-electron chi connectivity index (χ4n) is 3.02. The van der Waals surface area contributed by atoms with Crippen LogP contribution < -0.4 is 9.64 Å². The summed E-state index contributed by atoms with van der Waals surface area (Å²) in [6.45, 7) is 4.56. The van der Waals surface area contributed by atoms with Crippen LogP contribution in [0.3, 0.4) is 0 Å². The van der Waals surface area contributed by atoms with E-state index in [9.17, 15) is 0 Å². The number of anilines is 1. The summed E-state index contributed by atoms with van der Waals surface area (Å²) in [5.74, 6) is 2.26. The Bertz CT molecular complexity index is 786. The van der Waals surface area contributed by atoms with Crippen LogP contribution >= 0.6 is 11.3 Å². The third-order valence-corrected chi connectivity index (χ3v) is 4.83. The molecular weight excluding hydrogens is 312 g/mol. The Morgan fingerprint density at radius 1 is 1.30 bits per heavy atom. The molecule has 0 saturated carbocycles. The van der Waals surface area contributed by atoms with Crippen LogP contribution in [0.2, 0.25) is 0 Å². The Morgan fingerprint density at radius 3 is 3.13 bits per heavy atom. The molecular formula is C15H18N6OS. The van der Waals surface area contributed by atoms with Gasteiger partial charge in [0.25, 0.3) is 5.19 Å². The van der Waals surface area contributed by atoms with Gasteiger partial charge in [-0.25, -0.2) is 9.97 Å². The van der Waals surface area contributed by atoms with Crippen LogP contribution in [0, 0.1) is 12.8 Å². The van der Waals surface area contributed by atoms with Crippen LogP contribution in [-0.4, -0.2) is 44.3 Å². The monoisotopic (exact) mass is 330 g/mol. The molecule has 1 aliphatic heterocycles.